The fourth-order valence-corrected chi connectivity index (χ4v) is 5.09. The smallest absolute Gasteiger partial charge is 0.0121 e. The van der Waals surface area contributed by atoms with Crippen LogP contribution in [-0.4, -0.2) is 73.6 Å². The quantitative estimate of drug-likeness (QED) is 0.735. The number of rotatable bonds is 3. The van der Waals surface area contributed by atoms with Crippen molar-refractivity contribution in [2.45, 2.75) is 31.7 Å². The number of piperazine rings is 1. The van der Waals surface area contributed by atoms with Gasteiger partial charge in [-0.05, 0) is 63.6 Å². The Bertz CT molecular complexity index is 378. The molecule has 2 bridgehead atoms. The van der Waals surface area contributed by atoms with E-state index in [1.165, 1.54) is 71.5 Å². The third-order valence-corrected chi connectivity index (χ3v) is 6.52. The molecule has 0 spiro atoms. The third-order valence-electron chi connectivity index (χ3n) is 6.52. The molecule has 0 unspecified atom stereocenters. The van der Waals surface area contributed by atoms with Crippen LogP contribution in [0.3, 0.4) is 0 Å². The first-order valence-electron chi connectivity index (χ1n) is 9.11. The number of allylic oxidation sites excluding steroid dienone is 2. The number of fused-ring (bicyclic) bond motifs is 2. The molecule has 4 aliphatic rings. The fourth-order valence-electron chi connectivity index (χ4n) is 5.09. The summed E-state index contributed by atoms with van der Waals surface area (Å²) in [5.74, 6) is 2.83. The molecule has 0 amide bonds. The molecule has 0 radical (unpaired) electrons. The molecular weight excluding hydrogens is 258 g/mol. The Kier molecular flexibility index (Phi) is 4.08. The molecule has 2 heterocycles. The summed E-state index contributed by atoms with van der Waals surface area (Å²) in [5, 5.41) is 0. The Balaban J connectivity index is 1.23. The highest BCUT2D eigenvalue weighted by atomic mass is 15.3. The summed E-state index contributed by atoms with van der Waals surface area (Å²) in [4.78, 5) is 8.00. The van der Waals surface area contributed by atoms with E-state index < -0.39 is 0 Å². The summed E-state index contributed by atoms with van der Waals surface area (Å²) in [6, 6.07) is 0.870. The molecule has 1 saturated carbocycles. The lowest BCUT2D eigenvalue weighted by molar-refractivity contribution is 0.0619. The van der Waals surface area contributed by atoms with Crippen molar-refractivity contribution in [2.75, 3.05) is 52.9 Å². The monoisotopic (exact) mass is 289 g/mol. The van der Waals surface area contributed by atoms with Crippen LogP contribution in [0.4, 0.5) is 0 Å². The summed E-state index contributed by atoms with van der Waals surface area (Å²) >= 11 is 0. The topological polar surface area (TPSA) is 9.72 Å². The minimum absolute atomic E-state index is 0.870. The largest absolute Gasteiger partial charge is 0.304 e. The zero-order valence-electron chi connectivity index (χ0n) is 13.6. The SMILES string of the molecule is CN1CCN(C2CCN(C[C@@H]3C[C@H]4C=C[C@H]3C4)CC2)CC1. The van der Waals surface area contributed by atoms with E-state index >= 15 is 0 Å². The summed E-state index contributed by atoms with van der Waals surface area (Å²) < 4.78 is 0. The molecule has 0 aromatic heterocycles. The van der Waals surface area contributed by atoms with Crippen LogP contribution < -0.4 is 0 Å². The van der Waals surface area contributed by atoms with Crippen LogP contribution in [-0.2, 0) is 0 Å². The van der Waals surface area contributed by atoms with Gasteiger partial charge < -0.3 is 9.80 Å². The van der Waals surface area contributed by atoms with E-state index in [0.717, 1.165) is 23.8 Å². The lowest BCUT2D eigenvalue weighted by Crippen LogP contribution is -2.52. The van der Waals surface area contributed by atoms with Gasteiger partial charge in [0.15, 0.2) is 0 Å². The van der Waals surface area contributed by atoms with Gasteiger partial charge in [0, 0.05) is 38.8 Å². The molecule has 21 heavy (non-hydrogen) atoms. The summed E-state index contributed by atoms with van der Waals surface area (Å²) in [6.07, 6.45) is 10.7. The van der Waals surface area contributed by atoms with Crippen molar-refractivity contribution < 1.29 is 0 Å². The molecule has 3 fully saturated rings. The van der Waals surface area contributed by atoms with Gasteiger partial charge in [-0.1, -0.05) is 12.2 Å². The van der Waals surface area contributed by atoms with Gasteiger partial charge in [0.05, 0.1) is 0 Å². The summed E-state index contributed by atoms with van der Waals surface area (Å²) in [5.41, 5.74) is 0. The predicted molar refractivity (Wildman–Crippen MR) is 87.4 cm³/mol. The second-order valence-electron chi connectivity index (χ2n) is 7.91. The van der Waals surface area contributed by atoms with Gasteiger partial charge in [0.25, 0.3) is 0 Å². The highest BCUT2D eigenvalue weighted by Gasteiger charge is 2.37. The summed E-state index contributed by atoms with van der Waals surface area (Å²) in [6.45, 7) is 9.16. The van der Waals surface area contributed by atoms with Crippen molar-refractivity contribution in [3.63, 3.8) is 0 Å². The lowest BCUT2D eigenvalue weighted by Gasteiger charge is -2.42. The zero-order chi connectivity index (χ0) is 14.2. The molecule has 2 aliphatic carbocycles. The maximum Gasteiger partial charge on any atom is 0.0121 e. The number of hydrogen-bond acceptors (Lipinski definition) is 3. The maximum absolute atomic E-state index is 2.77. The minimum atomic E-state index is 0.870. The first-order valence-corrected chi connectivity index (χ1v) is 9.11. The van der Waals surface area contributed by atoms with E-state index in [1.54, 1.807) is 0 Å². The Morgan fingerprint density at radius 2 is 1.67 bits per heavy atom. The number of nitrogens with zero attached hydrogens (tertiary/aromatic N) is 3. The first kappa shape index (κ1) is 14.2. The van der Waals surface area contributed by atoms with Gasteiger partial charge in [-0.15, -0.1) is 0 Å². The van der Waals surface area contributed by atoms with Gasteiger partial charge in [0.1, 0.15) is 0 Å². The van der Waals surface area contributed by atoms with E-state index in [0.29, 0.717) is 0 Å². The van der Waals surface area contributed by atoms with Gasteiger partial charge in [-0.2, -0.15) is 0 Å². The Morgan fingerprint density at radius 3 is 2.29 bits per heavy atom. The van der Waals surface area contributed by atoms with Crippen molar-refractivity contribution in [1.29, 1.82) is 0 Å². The average Bonchev–Trinajstić information content (AvgIpc) is 3.12. The van der Waals surface area contributed by atoms with Crippen molar-refractivity contribution >= 4 is 0 Å². The second-order valence-corrected chi connectivity index (χ2v) is 7.91. The third kappa shape index (κ3) is 3.06. The van der Waals surface area contributed by atoms with Crippen LogP contribution in [0, 0.1) is 17.8 Å². The fraction of sp³-hybridized carbons (Fsp3) is 0.889. The van der Waals surface area contributed by atoms with E-state index in [4.69, 9.17) is 0 Å². The van der Waals surface area contributed by atoms with E-state index in [-0.39, 0.29) is 0 Å². The molecular formula is C18H31N3. The Morgan fingerprint density at radius 1 is 0.905 bits per heavy atom. The molecule has 0 aromatic rings. The Hall–Kier alpha value is -0.380. The first-order chi connectivity index (χ1) is 10.3. The zero-order valence-corrected chi connectivity index (χ0v) is 13.6. The molecule has 2 aliphatic heterocycles. The maximum atomic E-state index is 2.77. The molecule has 2 saturated heterocycles. The number of likely N-dealkylation sites (N-methyl/N-ethyl adjacent to an activating group) is 1. The molecule has 0 aromatic carbocycles. The van der Waals surface area contributed by atoms with Gasteiger partial charge >= 0.3 is 0 Å². The van der Waals surface area contributed by atoms with Crippen LogP contribution in [0.25, 0.3) is 0 Å². The van der Waals surface area contributed by atoms with E-state index in [9.17, 15) is 0 Å². The van der Waals surface area contributed by atoms with Crippen molar-refractivity contribution in [3.8, 4) is 0 Å². The second kappa shape index (κ2) is 6.02. The Labute approximate surface area is 130 Å². The van der Waals surface area contributed by atoms with Crippen LogP contribution in [0.5, 0.6) is 0 Å². The predicted octanol–water partition coefficient (Wildman–Crippen LogP) is 1.91. The normalized spacial score (nSPS) is 39.4. The average molecular weight is 289 g/mol. The van der Waals surface area contributed by atoms with Gasteiger partial charge in [-0.25, -0.2) is 0 Å². The number of likely N-dealkylation sites (tertiary alicyclic amines) is 1. The van der Waals surface area contributed by atoms with Crippen LogP contribution in [0.2, 0.25) is 0 Å². The van der Waals surface area contributed by atoms with Crippen LogP contribution in [0.15, 0.2) is 12.2 Å². The molecule has 0 N–H and O–H groups in total. The molecule has 4 rings (SSSR count). The number of piperidine rings is 1. The van der Waals surface area contributed by atoms with E-state index in [1.807, 2.05) is 0 Å². The molecule has 3 atom stereocenters. The van der Waals surface area contributed by atoms with Crippen molar-refractivity contribution in [2.24, 2.45) is 17.8 Å². The lowest BCUT2D eigenvalue weighted by atomic mass is 9.92. The van der Waals surface area contributed by atoms with Gasteiger partial charge in [0.2, 0.25) is 0 Å². The van der Waals surface area contributed by atoms with Crippen LogP contribution >= 0.6 is 0 Å². The molecule has 3 nitrogen and oxygen atoms in total. The molecule has 118 valence electrons. The van der Waals surface area contributed by atoms with Crippen molar-refractivity contribution in [1.82, 2.24) is 14.7 Å². The van der Waals surface area contributed by atoms with Crippen LogP contribution in [0.1, 0.15) is 25.7 Å². The van der Waals surface area contributed by atoms with E-state index in [2.05, 4.69) is 33.9 Å². The minimum Gasteiger partial charge on any atom is -0.304 e. The van der Waals surface area contributed by atoms with Gasteiger partial charge in [-0.3, -0.25) is 4.90 Å². The summed E-state index contributed by atoms with van der Waals surface area (Å²) in [7, 11) is 2.25. The highest BCUT2D eigenvalue weighted by Crippen LogP contribution is 2.43. The number of hydrogen-bond donors (Lipinski definition) is 0. The molecule has 3 heteroatoms. The van der Waals surface area contributed by atoms with Crippen molar-refractivity contribution in [3.05, 3.63) is 12.2 Å². The standard InChI is InChI=1S/C18H31N3/c1-19-8-10-21(11-9-19)18-4-6-20(7-5-18)14-17-13-15-2-3-16(17)12-15/h2-3,15-18H,4-14H2,1H3/t15-,16-,17-/m0/s1. The highest BCUT2D eigenvalue weighted by molar-refractivity contribution is 5.10.